The molecule has 5 N–H and O–H groups in total. The molecule has 0 saturated heterocycles. The number of carboxylic acids is 1. The van der Waals surface area contributed by atoms with Gasteiger partial charge in [0.05, 0.1) is 11.9 Å². The van der Waals surface area contributed by atoms with Gasteiger partial charge in [0.2, 0.25) is 0 Å². The van der Waals surface area contributed by atoms with Crippen LogP contribution in [0.15, 0.2) is 36.4 Å². The molecule has 0 bridgehead atoms. The van der Waals surface area contributed by atoms with E-state index in [0.717, 1.165) is 6.07 Å². The SMILES string of the molecule is Cn1c(-c2ccc(C(=N)N)cc2)nc2cc(C(=O)NCCC(=O)O)cc(F)c21. The highest BCUT2D eigenvalue weighted by Crippen LogP contribution is 2.27. The van der Waals surface area contributed by atoms with Crippen molar-refractivity contribution in [3.63, 3.8) is 0 Å². The van der Waals surface area contributed by atoms with Crippen LogP contribution >= 0.6 is 0 Å². The van der Waals surface area contributed by atoms with E-state index in [1.54, 1.807) is 35.9 Å². The van der Waals surface area contributed by atoms with Crippen molar-refractivity contribution in [2.45, 2.75) is 6.42 Å². The molecular formula is C19H18FN5O3. The zero-order valence-corrected chi connectivity index (χ0v) is 15.0. The molecule has 1 aromatic heterocycles. The number of aryl methyl sites for hydroxylation is 1. The number of hydrogen-bond acceptors (Lipinski definition) is 4. The molecule has 0 aliphatic heterocycles. The average Bonchev–Trinajstić information content (AvgIpc) is 2.98. The van der Waals surface area contributed by atoms with Crippen LogP contribution in [0, 0.1) is 11.2 Å². The summed E-state index contributed by atoms with van der Waals surface area (Å²) in [6, 6.07) is 9.37. The molecule has 0 atom stereocenters. The van der Waals surface area contributed by atoms with E-state index in [1.165, 1.54) is 6.07 Å². The van der Waals surface area contributed by atoms with Crippen molar-refractivity contribution in [2.75, 3.05) is 6.54 Å². The number of carbonyl (C=O) groups is 2. The maximum absolute atomic E-state index is 14.6. The fourth-order valence-electron chi connectivity index (χ4n) is 2.87. The molecule has 0 fully saturated rings. The molecule has 28 heavy (non-hydrogen) atoms. The molecule has 0 saturated carbocycles. The van der Waals surface area contributed by atoms with E-state index < -0.39 is 17.7 Å². The van der Waals surface area contributed by atoms with E-state index in [1.807, 2.05) is 0 Å². The summed E-state index contributed by atoms with van der Waals surface area (Å²) in [7, 11) is 1.67. The monoisotopic (exact) mass is 383 g/mol. The van der Waals surface area contributed by atoms with Crippen LogP contribution in [-0.2, 0) is 11.8 Å². The maximum atomic E-state index is 14.6. The first-order valence-electron chi connectivity index (χ1n) is 8.38. The lowest BCUT2D eigenvalue weighted by atomic mass is 10.1. The molecule has 1 amide bonds. The van der Waals surface area contributed by atoms with Gasteiger partial charge in [0.1, 0.15) is 23.0 Å². The molecule has 144 valence electrons. The van der Waals surface area contributed by atoms with Crippen LogP contribution in [0.2, 0.25) is 0 Å². The molecule has 0 unspecified atom stereocenters. The molecule has 2 aromatic carbocycles. The Morgan fingerprint density at radius 1 is 1.25 bits per heavy atom. The minimum absolute atomic E-state index is 0.0518. The van der Waals surface area contributed by atoms with Crippen molar-refractivity contribution in [3.05, 3.63) is 53.3 Å². The number of imidazole rings is 1. The topological polar surface area (TPSA) is 134 Å². The van der Waals surface area contributed by atoms with Crippen molar-refractivity contribution < 1.29 is 19.1 Å². The first kappa shape index (κ1) is 19.0. The number of carboxylic acid groups (broad SMARTS) is 1. The number of rotatable bonds is 6. The summed E-state index contributed by atoms with van der Waals surface area (Å²) in [4.78, 5) is 27.1. The molecule has 0 aliphatic carbocycles. The number of nitrogens with one attached hydrogen (secondary N) is 2. The van der Waals surface area contributed by atoms with Crippen LogP contribution in [-0.4, -0.2) is 38.9 Å². The fourth-order valence-corrected chi connectivity index (χ4v) is 2.87. The van der Waals surface area contributed by atoms with E-state index >= 15 is 0 Å². The third-order valence-electron chi connectivity index (χ3n) is 4.26. The molecule has 0 radical (unpaired) electrons. The Balaban J connectivity index is 1.96. The molecule has 0 aliphatic rings. The second-order valence-corrected chi connectivity index (χ2v) is 6.21. The second kappa shape index (κ2) is 7.47. The summed E-state index contributed by atoms with van der Waals surface area (Å²) in [5.41, 5.74) is 7.33. The summed E-state index contributed by atoms with van der Waals surface area (Å²) in [6.07, 6.45) is -0.222. The van der Waals surface area contributed by atoms with Crippen LogP contribution in [0.3, 0.4) is 0 Å². The van der Waals surface area contributed by atoms with Crippen molar-refractivity contribution in [1.82, 2.24) is 14.9 Å². The van der Waals surface area contributed by atoms with Gasteiger partial charge >= 0.3 is 5.97 Å². The van der Waals surface area contributed by atoms with Crippen molar-refractivity contribution >= 4 is 28.7 Å². The third-order valence-corrected chi connectivity index (χ3v) is 4.26. The summed E-state index contributed by atoms with van der Waals surface area (Å²) < 4.78 is 16.2. The molecule has 9 heteroatoms. The number of carbonyl (C=O) groups excluding carboxylic acids is 1. The number of nitrogens with zero attached hydrogens (tertiary/aromatic N) is 2. The smallest absolute Gasteiger partial charge is 0.305 e. The number of benzene rings is 2. The molecule has 0 spiro atoms. The standard InChI is InChI=1S/C19H18FN5O3/c1-25-16-13(20)8-12(19(28)23-7-6-15(26)27)9-14(16)24-18(25)11-4-2-10(3-5-11)17(21)22/h2-5,8-9H,6-7H2,1H3,(H3,21,22)(H,23,28)(H,26,27). The highest BCUT2D eigenvalue weighted by atomic mass is 19.1. The largest absolute Gasteiger partial charge is 0.481 e. The predicted octanol–water partition coefficient (Wildman–Crippen LogP) is 1.87. The summed E-state index contributed by atoms with van der Waals surface area (Å²) >= 11 is 0. The third kappa shape index (κ3) is 3.68. The van der Waals surface area contributed by atoms with Gasteiger partial charge in [0, 0.05) is 30.3 Å². The predicted molar refractivity (Wildman–Crippen MR) is 102 cm³/mol. The molecule has 1 heterocycles. The lowest BCUT2D eigenvalue weighted by Gasteiger charge is -2.06. The van der Waals surface area contributed by atoms with Gasteiger partial charge in [-0.3, -0.25) is 15.0 Å². The highest BCUT2D eigenvalue weighted by molar-refractivity contribution is 5.98. The van der Waals surface area contributed by atoms with Crippen molar-refractivity contribution in [1.29, 1.82) is 5.41 Å². The Bertz CT molecular complexity index is 1090. The van der Waals surface area contributed by atoms with Gasteiger partial charge in [0.25, 0.3) is 5.91 Å². The van der Waals surface area contributed by atoms with E-state index in [0.29, 0.717) is 22.5 Å². The lowest BCUT2D eigenvalue weighted by molar-refractivity contribution is -0.136. The Morgan fingerprint density at radius 2 is 1.93 bits per heavy atom. The summed E-state index contributed by atoms with van der Waals surface area (Å²) in [5.74, 6) is -1.77. The average molecular weight is 383 g/mol. The van der Waals surface area contributed by atoms with Crippen molar-refractivity contribution in [3.8, 4) is 11.4 Å². The normalized spacial score (nSPS) is 10.8. The number of fused-ring (bicyclic) bond motifs is 1. The Morgan fingerprint density at radius 3 is 2.54 bits per heavy atom. The van der Waals surface area contributed by atoms with Crippen LogP contribution in [0.5, 0.6) is 0 Å². The highest BCUT2D eigenvalue weighted by Gasteiger charge is 2.17. The zero-order valence-electron chi connectivity index (χ0n) is 15.0. The minimum Gasteiger partial charge on any atom is -0.481 e. The fraction of sp³-hybridized carbons (Fsp3) is 0.158. The molecular weight excluding hydrogens is 365 g/mol. The second-order valence-electron chi connectivity index (χ2n) is 6.21. The summed E-state index contributed by atoms with van der Waals surface area (Å²) in [6.45, 7) is -0.0518. The molecule has 8 nitrogen and oxygen atoms in total. The number of nitrogens with two attached hydrogens (primary N) is 1. The Hall–Kier alpha value is -3.75. The lowest BCUT2D eigenvalue weighted by Crippen LogP contribution is -2.26. The van der Waals surface area contributed by atoms with Gasteiger partial charge < -0.3 is 20.7 Å². The van der Waals surface area contributed by atoms with Gasteiger partial charge in [-0.05, 0) is 12.1 Å². The van der Waals surface area contributed by atoms with Crippen molar-refractivity contribution in [2.24, 2.45) is 12.8 Å². The van der Waals surface area contributed by atoms with Crippen LogP contribution in [0.4, 0.5) is 4.39 Å². The number of aliphatic carboxylic acids is 1. The van der Waals surface area contributed by atoms with Gasteiger partial charge in [-0.25, -0.2) is 9.37 Å². The zero-order chi connectivity index (χ0) is 20.4. The number of nitrogen functional groups attached to an aromatic ring is 1. The number of amidine groups is 1. The summed E-state index contributed by atoms with van der Waals surface area (Å²) in [5, 5.41) is 18.5. The van der Waals surface area contributed by atoms with Gasteiger partial charge in [0.15, 0.2) is 0 Å². The van der Waals surface area contributed by atoms with E-state index in [9.17, 15) is 14.0 Å². The minimum atomic E-state index is -1.04. The van der Waals surface area contributed by atoms with Crippen LogP contribution in [0.25, 0.3) is 22.4 Å². The number of hydrogen-bond donors (Lipinski definition) is 4. The van der Waals surface area contributed by atoms with E-state index in [2.05, 4.69) is 10.3 Å². The van der Waals surface area contributed by atoms with Gasteiger partial charge in [-0.15, -0.1) is 0 Å². The van der Waals surface area contributed by atoms with Crippen LogP contribution in [0.1, 0.15) is 22.3 Å². The maximum Gasteiger partial charge on any atom is 0.305 e. The molecule has 3 rings (SSSR count). The van der Waals surface area contributed by atoms with E-state index in [4.69, 9.17) is 16.2 Å². The number of halogens is 1. The Labute approximate surface area is 159 Å². The van der Waals surface area contributed by atoms with E-state index in [-0.39, 0.29) is 29.9 Å². The first-order chi connectivity index (χ1) is 13.3. The Kier molecular flexibility index (Phi) is 5.08. The first-order valence-corrected chi connectivity index (χ1v) is 8.38. The van der Waals surface area contributed by atoms with Gasteiger partial charge in [-0.1, -0.05) is 24.3 Å². The number of amides is 1. The quantitative estimate of drug-likeness (QED) is 0.381. The number of aromatic nitrogens is 2. The van der Waals surface area contributed by atoms with Crippen LogP contribution < -0.4 is 11.1 Å². The molecule has 3 aromatic rings. The van der Waals surface area contributed by atoms with Gasteiger partial charge in [-0.2, -0.15) is 0 Å².